The molecule has 9 nitrogen and oxygen atoms in total. The monoisotopic (exact) mass is 444 g/mol. The number of hydrogen-bond acceptors (Lipinski definition) is 6. The van der Waals surface area contributed by atoms with Gasteiger partial charge in [0.25, 0.3) is 0 Å². The molecule has 156 valence electrons. The molecule has 1 aromatic rings. The minimum atomic E-state index is -3.91. The Morgan fingerprint density at radius 2 is 0.852 bits per heavy atom. The molecular weight excluding hydrogens is 417 g/mol. The Bertz CT molecular complexity index is 653. The molecule has 0 fully saturated rings. The van der Waals surface area contributed by atoms with E-state index in [1.807, 2.05) is 0 Å². The Kier molecular flexibility index (Phi) is 9.56. The largest absolute Gasteiger partial charge is 0.332 e. The molecule has 1 aromatic carbocycles. The SMILES string of the molecule is CCOP(=O)(O)Cc1cc(CP(=O)(O)OCC)cc(CP(=O)(O)OCC)c1. The van der Waals surface area contributed by atoms with Crippen molar-refractivity contribution in [3.63, 3.8) is 0 Å². The highest BCUT2D eigenvalue weighted by atomic mass is 31.2. The van der Waals surface area contributed by atoms with Gasteiger partial charge in [-0.1, -0.05) is 18.2 Å². The molecule has 0 heterocycles. The van der Waals surface area contributed by atoms with E-state index in [4.69, 9.17) is 13.6 Å². The molecule has 0 saturated carbocycles. The summed E-state index contributed by atoms with van der Waals surface area (Å²) in [6, 6.07) is 4.45. The summed E-state index contributed by atoms with van der Waals surface area (Å²) in [5.41, 5.74) is 1.03. The highest BCUT2D eigenvalue weighted by Crippen LogP contribution is 2.50. The van der Waals surface area contributed by atoms with Gasteiger partial charge in [-0.15, -0.1) is 0 Å². The van der Waals surface area contributed by atoms with E-state index in [1.54, 1.807) is 20.8 Å². The predicted octanol–water partition coefficient (Wildman–Crippen LogP) is 3.85. The summed E-state index contributed by atoms with van der Waals surface area (Å²) in [6.45, 7) is 4.89. The van der Waals surface area contributed by atoms with Gasteiger partial charge < -0.3 is 28.3 Å². The van der Waals surface area contributed by atoms with Crippen LogP contribution < -0.4 is 0 Å². The van der Waals surface area contributed by atoms with Crippen molar-refractivity contribution in [3.8, 4) is 0 Å². The summed E-state index contributed by atoms with van der Waals surface area (Å²) in [5.74, 6) is 0. The van der Waals surface area contributed by atoms with Crippen LogP contribution in [0, 0.1) is 0 Å². The molecule has 12 heteroatoms. The quantitative estimate of drug-likeness (QED) is 0.410. The van der Waals surface area contributed by atoms with E-state index in [0.717, 1.165) is 0 Å². The van der Waals surface area contributed by atoms with Crippen LogP contribution in [0.4, 0.5) is 0 Å². The van der Waals surface area contributed by atoms with Gasteiger partial charge in [-0.25, -0.2) is 0 Å². The molecule has 0 aromatic heterocycles. The summed E-state index contributed by atoms with van der Waals surface area (Å²) in [4.78, 5) is 29.6. The van der Waals surface area contributed by atoms with Crippen molar-refractivity contribution in [2.24, 2.45) is 0 Å². The maximum absolute atomic E-state index is 12.1. The summed E-state index contributed by atoms with van der Waals surface area (Å²) in [5, 5.41) is 0. The maximum Gasteiger partial charge on any atom is 0.332 e. The van der Waals surface area contributed by atoms with Crippen molar-refractivity contribution < 1.29 is 41.9 Å². The smallest absolute Gasteiger partial charge is 0.324 e. The standard InChI is InChI=1S/C15H27O9P3/c1-4-22-25(16,17)10-13-7-14(11-26(18,19)23-5-2)9-15(8-13)12-27(20,21)24-6-3/h7-9H,4-6,10-12H2,1-3H3,(H,16,17)(H,18,19)(H,20,21). The van der Waals surface area contributed by atoms with E-state index in [9.17, 15) is 28.4 Å². The van der Waals surface area contributed by atoms with Gasteiger partial charge in [0.05, 0.1) is 38.3 Å². The Morgan fingerprint density at radius 1 is 0.630 bits per heavy atom. The lowest BCUT2D eigenvalue weighted by Crippen LogP contribution is -2.00. The number of benzene rings is 1. The molecule has 3 atom stereocenters. The van der Waals surface area contributed by atoms with Crippen molar-refractivity contribution in [3.05, 3.63) is 34.9 Å². The van der Waals surface area contributed by atoms with Gasteiger partial charge in [0, 0.05) is 0 Å². The van der Waals surface area contributed by atoms with Crippen LogP contribution in [-0.4, -0.2) is 34.5 Å². The maximum atomic E-state index is 12.1. The fraction of sp³-hybridized carbons (Fsp3) is 0.600. The van der Waals surface area contributed by atoms with Crippen LogP contribution in [0.25, 0.3) is 0 Å². The second-order valence-corrected chi connectivity index (χ2v) is 11.3. The van der Waals surface area contributed by atoms with E-state index in [-0.39, 0.29) is 38.3 Å². The molecule has 0 aliphatic rings. The fourth-order valence-corrected chi connectivity index (χ4v) is 5.96. The molecule has 3 N–H and O–H groups in total. The Balaban J connectivity index is 3.23. The van der Waals surface area contributed by atoms with Crippen LogP contribution in [0.3, 0.4) is 0 Å². The lowest BCUT2D eigenvalue weighted by molar-refractivity contribution is 0.272. The molecule has 3 unspecified atom stereocenters. The van der Waals surface area contributed by atoms with Gasteiger partial charge in [0.2, 0.25) is 0 Å². The first-order valence-electron chi connectivity index (χ1n) is 8.42. The summed E-state index contributed by atoms with van der Waals surface area (Å²) >= 11 is 0. The zero-order valence-electron chi connectivity index (χ0n) is 15.6. The molecule has 27 heavy (non-hydrogen) atoms. The fourth-order valence-electron chi connectivity index (χ4n) is 2.55. The topological polar surface area (TPSA) is 140 Å². The first-order valence-corrected chi connectivity index (χ1v) is 13.7. The van der Waals surface area contributed by atoms with Crippen molar-refractivity contribution in [2.45, 2.75) is 39.3 Å². The van der Waals surface area contributed by atoms with Crippen molar-refractivity contribution in [1.29, 1.82) is 0 Å². The second-order valence-electron chi connectivity index (χ2n) is 5.80. The van der Waals surface area contributed by atoms with Gasteiger partial charge in [0.1, 0.15) is 0 Å². The Morgan fingerprint density at radius 3 is 1.04 bits per heavy atom. The minimum absolute atomic E-state index is 0.0483. The van der Waals surface area contributed by atoms with E-state index in [0.29, 0.717) is 16.7 Å². The second kappa shape index (κ2) is 10.4. The molecule has 0 aliphatic heterocycles. The van der Waals surface area contributed by atoms with Crippen LogP contribution in [-0.2, 0) is 45.8 Å². The highest BCUT2D eigenvalue weighted by molar-refractivity contribution is 7.52. The molecule has 1 rings (SSSR count). The van der Waals surface area contributed by atoms with E-state index < -0.39 is 22.8 Å². The zero-order chi connectivity index (χ0) is 20.7. The van der Waals surface area contributed by atoms with Gasteiger partial charge in [-0.2, -0.15) is 0 Å². The lowest BCUT2D eigenvalue weighted by atomic mass is 10.1. The first-order chi connectivity index (χ1) is 12.4. The van der Waals surface area contributed by atoms with Crippen LogP contribution in [0.1, 0.15) is 37.5 Å². The molecule has 0 radical (unpaired) electrons. The number of hydrogen-bond donors (Lipinski definition) is 3. The van der Waals surface area contributed by atoms with Gasteiger partial charge in [-0.05, 0) is 37.5 Å². The van der Waals surface area contributed by atoms with Crippen LogP contribution in [0.15, 0.2) is 18.2 Å². The van der Waals surface area contributed by atoms with E-state index >= 15 is 0 Å². The summed E-state index contributed by atoms with van der Waals surface area (Å²) in [7, 11) is -11.7. The van der Waals surface area contributed by atoms with Crippen molar-refractivity contribution in [2.75, 3.05) is 19.8 Å². The normalized spacial score (nSPS) is 18.4. The van der Waals surface area contributed by atoms with Gasteiger partial charge >= 0.3 is 22.8 Å². The average Bonchev–Trinajstić information content (AvgIpc) is 2.44. The summed E-state index contributed by atoms with van der Waals surface area (Å²) < 4.78 is 50.7. The minimum Gasteiger partial charge on any atom is -0.324 e. The van der Waals surface area contributed by atoms with Crippen LogP contribution in [0.2, 0.25) is 0 Å². The van der Waals surface area contributed by atoms with Crippen LogP contribution >= 0.6 is 22.8 Å². The molecule has 0 bridgehead atoms. The molecule has 0 aliphatic carbocycles. The van der Waals surface area contributed by atoms with Gasteiger partial charge in [-0.3, -0.25) is 13.7 Å². The predicted molar refractivity (Wildman–Crippen MR) is 102 cm³/mol. The third-order valence-corrected chi connectivity index (χ3v) is 7.53. The Labute approximate surface area is 159 Å². The van der Waals surface area contributed by atoms with Crippen molar-refractivity contribution >= 4 is 22.8 Å². The highest BCUT2D eigenvalue weighted by Gasteiger charge is 2.25. The molecule has 0 amide bonds. The van der Waals surface area contributed by atoms with E-state index in [2.05, 4.69) is 0 Å². The Hall–Kier alpha value is -0.330. The van der Waals surface area contributed by atoms with Crippen molar-refractivity contribution in [1.82, 2.24) is 0 Å². The molecule has 0 spiro atoms. The summed E-state index contributed by atoms with van der Waals surface area (Å²) in [6.07, 6.45) is -1.01. The molecular formula is C15H27O9P3. The lowest BCUT2D eigenvalue weighted by Gasteiger charge is -2.16. The average molecular weight is 444 g/mol. The third kappa shape index (κ3) is 9.62. The zero-order valence-corrected chi connectivity index (χ0v) is 18.3. The molecule has 0 saturated heterocycles. The first kappa shape index (κ1) is 24.7. The van der Waals surface area contributed by atoms with E-state index in [1.165, 1.54) is 18.2 Å². The third-order valence-electron chi connectivity index (χ3n) is 3.25. The number of rotatable bonds is 12. The van der Waals surface area contributed by atoms with Gasteiger partial charge in [0.15, 0.2) is 0 Å². The van der Waals surface area contributed by atoms with Crippen LogP contribution in [0.5, 0.6) is 0 Å².